The van der Waals surface area contributed by atoms with E-state index in [1.807, 2.05) is 18.2 Å². The number of halogens is 1. The summed E-state index contributed by atoms with van der Waals surface area (Å²) in [4.78, 5) is 28.1. The minimum atomic E-state index is -0.478. The van der Waals surface area contributed by atoms with Crippen molar-refractivity contribution >= 4 is 23.4 Å². The lowest BCUT2D eigenvalue weighted by Crippen LogP contribution is -2.50. The van der Waals surface area contributed by atoms with Crippen molar-refractivity contribution in [3.63, 3.8) is 0 Å². The van der Waals surface area contributed by atoms with E-state index in [1.54, 1.807) is 12.4 Å². The standard InChI is InChI=1S/C21H21ClN6O3/c1-14(29)31-28-13-18(25-26-28)17-11-24-20(12-23-17)27-9-7-21(8-10-27)6-5-15-16(22)3-2-4-19(15)30-21/h2-4,11-13H,5-10H2,1H3. The Labute approximate surface area is 183 Å². The third-order valence-corrected chi connectivity index (χ3v) is 6.18. The Kier molecular flexibility index (Phi) is 4.97. The highest BCUT2D eigenvalue weighted by Crippen LogP contribution is 2.42. The molecule has 0 bridgehead atoms. The zero-order valence-electron chi connectivity index (χ0n) is 17.0. The van der Waals surface area contributed by atoms with Crippen molar-refractivity contribution in [3.05, 3.63) is 47.4 Å². The van der Waals surface area contributed by atoms with E-state index in [4.69, 9.17) is 21.2 Å². The van der Waals surface area contributed by atoms with E-state index >= 15 is 0 Å². The van der Waals surface area contributed by atoms with Gasteiger partial charge in [-0.05, 0) is 30.2 Å². The zero-order valence-corrected chi connectivity index (χ0v) is 17.7. The molecule has 1 spiro atoms. The highest BCUT2D eigenvalue weighted by atomic mass is 35.5. The number of rotatable bonds is 3. The van der Waals surface area contributed by atoms with E-state index in [2.05, 4.69) is 25.2 Å². The Balaban J connectivity index is 1.24. The first kappa shape index (κ1) is 19.7. The van der Waals surface area contributed by atoms with Crippen LogP contribution in [-0.4, -0.2) is 49.8 Å². The van der Waals surface area contributed by atoms with Crippen LogP contribution in [0.5, 0.6) is 5.75 Å². The predicted molar refractivity (Wildman–Crippen MR) is 113 cm³/mol. The molecule has 0 aliphatic carbocycles. The van der Waals surface area contributed by atoms with Crippen molar-refractivity contribution in [3.8, 4) is 17.1 Å². The van der Waals surface area contributed by atoms with Gasteiger partial charge < -0.3 is 14.5 Å². The number of carbonyl (C=O) groups is 1. The van der Waals surface area contributed by atoms with Gasteiger partial charge in [0.05, 0.1) is 18.6 Å². The van der Waals surface area contributed by atoms with Crippen molar-refractivity contribution in [2.45, 2.75) is 38.2 Å². The number of piperidine rings is 1. The van der Waals surface area contributed by atoms with E-state index in [9.17, 15) is 4.79 Å². The molecule has 2 aliphatic heterocycles. The number of hydrogen-bond acceptors (Lipinski definition) is 8. The second-order valence-corrected chi connectivity index (χ2v) is 8.24. The van der Waals surface area contributed by atoms with Gasteiger partial charge in [0.25, 0.3) is 0 Å². The Bertz CT molecular complexity index is 1110. The summed E-state index contributed by atoms with van der Waals surface area (Å²) in [6.45, 7) is 2.98. The molecule has 0 radical (unpaired) electrons. The lowest BCUT2D eigenvalue weighted by atomic mass is 9.83. The maximum Gasteiger partial charge on any atom is 0.331 e. The monoisotopic (exact) mass is 440 g/mol. The lowest BCUT2D eigenvalue weighted by molar-refractivity contribution is -0.143. The van der Waals surface area contributed by atoms with E-state index in [0.717, 1.165) is 65.8 Å². The first-order chi connectivity index (χ1) is 15.0. The number of ether oxygens (including phenoxy) is 1. The van der Waals surface area contributed by atoms with Gasteiger partial charge in [-0.25, -0.2) is 14.8 Å². The van der Waals surface area contributed by atoms with E-state index in [-0.39, 0.29) is 5.60 Å². The molecule has 0 saturated carbocycles. The van der Waals surface area contributed by atoms with Crippen LogP contribution in [0.4, 0.5) is 5.82 Å². The predicted octanol–water partition coefficient (Wildman–Crippen LogP) is 2.73. The normalized spacial score (nSPS) is 17.2. The first-order valence-electron chi connectivity index (χ1n) is 10.2. The number of hydrogen-bond donors (Lipinski definition) is 0. The molecule has 0 amide bonds. The molecule has 1 aromatic carbocycles. The van der Waals surface area contributed by atoms with Crippen LogP contribution in [0.3, 0.4) is 0 Å². The van der Waals surface area contributed by atoms with Crippen LogP contribution in [0.15, 0.2) is 36.8 Å². The van der Waals surface area contributed by atoms with Gasteiger partial charge in [0, 0.05) is 43.4 Å². The van der Waals surface area contributed by atoms with Crippen LogP contribution in [0.25, 0.3) is 11.4 Å². The molecular formula is C21H21ClN6O3. The Hall–Kier alpha value is -3.20. The van der Waals surface area contributed by atoms with Gasteiger partial charge in [0.15, 0.2) is 0 Å². The summed E-state index contributed by atoms with van der Waals surface area (Å²) in [7, 11) is 0. The van der Waals surface area contributed by atoms with Crippen molar-refractivity contribution in [2.24, 2.45) is 0 Å². The molecule has 0 unspecified atom stereocenters. The summed E-state index contributed by atoms with van der Waals surface area (Å²) >= 11 is 6.32. The summed E-state index contributed by atoms with van der Waals surface area (Å²) in [6, 6.07) is 5.87. The van der Waals surface area contributed by atoms with Crippen LogP contribution < -0.4 is 14.5 Å². The van der Waals surface area contributed by atoms with Crippen molar-refractivity contribution < 1.29 is 14.4 Å². The average Bonchev–Trinajstić information content (AvgIpc) is 3.22. The molecule has 2 aromatic heterocycles. The fourth-order valence-corrected chi connectivity index (χ4v) is 4.43. The smallest absolute Gasteiger partial charge is 0.331 e. The maximum atomic E-state index is 11.0. The summed E-state index contributed by atoms with van der Waals surface area (Å²) in [5.41, 5.74) is 2.01. The summed E-state index contributed by atoms with van der Waals surface area (Å²) in [5.74, 6) is 1.25. The lowest BCUT2D eigenvalue weighted by Gasteiger charge is -2.45. The molecule has 5 rings (SSSR count). The first-order valence-corrected chi connectivity index (χ1v) is 10.5. The molecule has 0 N–H and O–H groups in total. The van der Waals surface area contributed by atoms with Gasteiger partial charge in [-0.3, -0.25) is 0 Å². The fourth-order valence-electron chi connectivity index (χ4n) is 4.17. The molecule has 0 atom stereocenters. The third kappa shape index (κ3) is 3.93. The van der Waals surface area contributed by atoms with Gasteiger partial charge in [-0.1, -0.05) is 22.5 Å². The topological polar surface area (TPSA) is 95.3 Å². The number of carbonyl (C=O) groups excluding carboxylic acids is 1. The maximum absolute atomic E-state index is 11.0. The zero-order chi connectivity index (χ0) is 21.4. The number of fused-ring (bicyclic) bond motifs is 1. The van der Waals surface area contributed by atoms with Gasteiger partial charge in [0.1, 0.15) is 28.6 Å². The minimum absolute atomic E-state index is 0.142. The Morgan fingerprint density at radius 1 is 1.16 bits per heavy atom. The number of nitrogens with zero attached hydrogens (tertiary/aromatic N) is 6. The SMILES string of the molecule is CC(=O)On1cc(-c2cnc(N3CCC4(CCc5c(Cl)cccc5O4)CC3)cn2)nn1. The van der Waals surface area contributed by atoms with Crippen LogP contribution in [0.2, 0.25) is 5.02 Å². The summed E-state index contributed by atoms with van der Waals surface area (Å²) in [6.07, 6.45) is 8.61. The number of anilines is 1. The van der Waals surface area contributed by atoms with Crippen LogP contribution >= 0.6 is 11.6 Å². The molecule has 10 heteroatoms. The molecule has 160 valence electrons. The third-order valence-electron chi connectivity index (χ3n) is 5.83. The van der Waals surface area contributed by atoms with Crippen molar-refractivity contribution in [2.75, 3.05) is 18.0 Å². The Morgan fingerprint density at radius 2 is 2.00 bits per heavy atom. The summed E-state index contributed by atoms with van der Waals surface area (Å²) < 4.78 is 6.43. The largest absolute Gasteiger partial charge is 0.487 e. The van der Waals surface area contributed by atoms with Gasteiger partial charge in [-0.2, -0.15) is 0 Å². The Morgan fingerprint density at radius 3 is 2.74 bits per heavy atom. The van der Waals surface area contributed by atoms with E-state index < -0.39 is 5.97 Å². The number of benzene rings is 1. The highest BCUT2D eigenvalue weighted by molar-refractivity contribution is 6.31. The molecule has 4 heterocycles. The second-order valence-electron chi connectivity index (χ2n) is 7.84. The summed E-state index contributed by atoms with van der Waals surface area (Å²) in [5, 5.41) is 8.48. The quantitative estimate of drug-likeness (QED) is 0.574. The van der Waals surface area contributed by atoms with E-state index in [0.29, 0.717) is 11.4 Å². The molecule has 2 aliphatic rings. The van der Waals surface area contributed by atoms with Crippen LogP contribution in [-0.2, 0) is 11.2 Å². The molecule has 1 saturated heterocycles. The van der Waals surface area contributed by atoms with E-state index in [1.165, 1.54) is 13.1 Å². The van der Waals surface area contributed by atoms with Gasteiger partial charge in [-0.15, -0.1) is 5.10 Å². The average molecular weight is 441 g/mol. The highest BCUT2D eigenvalue weighted by Gasteiger charge is 2.40. The van der Waals surface area contributed by atoms with Gasteiger partial charge >= 0.3 is 5.97 Å². The van der Waals surface area contributed by atoms with Crippen molar-refractivity contribution in [1.82, 2.24) is 25.1 Å². The molecular weight excluding hydrogens is 420 g/mol. The van der Waals surface area contributed by atoms with Crippen LogP contribution in [0.1, 0.15) is 31.7 Å². The molecule has 9 nitrogen and oxygen atoms in total. The van der Waals surface area contributed by atoms with Crippen LogP contribution in [0, 0.1) is 0 Å². The minimum Gasteiger partial charge on any atom is -0.487 e. The van der Waals surface area contributed by atoms with Gasteiger partial charge in [0.2, 0.25) is 0 Å². The molecule has 1 fully saturated rings. The van der Waals surface area contributed by atoms with Crippen molar-refractivity contribution in [1.29, 1.82) is 0 Å². The fraction of sp³-hybridized carbons (Fsp3) is 0.381. The molecule has 3 aromatic rings. The molecule has 31 heavy (non-hydrogen) atoms. The number of aromatic nitrogens is 5. The second kappa shape index (κ2) is 7.81.